The van der Waals surface area contributed by atoms with Crippen LogP contribution in [0.3, 0.4) is 0 Å². The van der Waals surface area contributed by atoms with E-state index in [0.717, 1.165) is 0 Å². The first-order chi connectivity index (χ1) is 15.4. The van der Waals surface area contributed by atoms with Crippen LogP contribution < -0.4 is 24.4 Å². The van der Waals surface area contributed by atoms with Gasteiger partial charge in [-0.05, 0) is 6.92 Å². The Hall–Kier alpha value is -3.53. The van der Waals surface area contributed by atoms with Crippen molar-refractivity contribution >= 4 is 23.3 Å². The Morgan fingerprint density at radius 2 is 1.91 bits per heavy atom. The van der Waals surface area contributed by atoms with Crippen LogP contribution in [0, 0.1) is 18.8 Å². The van der Waals surface area contributed by atoms with Crippen molar-refractivity contribution in [2.45, 2.75) is 18.6 Å². The van der Waals surface area contributed by atoms with Gasteiger partial charge in [0, 0.05) is 23.9 Å². The average Bonchev–Trinajstić information content (AvgIpc) is 3.53. The molecule has 10 heteroatoms. The number of hydrogen-bond donors (Lipinski definition) is 1. The molecule has 0 unspecified atom stereocenters. The fourth-order valence-electron chi connectivity index (χ4n) is 4.85. The van der Waals surface area contributed by atoms with Gasteiger partial charge in [-0.3, -0.25) is 14.5 Å². The van der Waals surface area contributed by atoms with Gasteiger partial charge in [-0.1, -0.05) is 17.3 Å². The molecule has 0 saturated carbocycles. The number of ether oxygens (including phenoxy) is 4. The Morgan fingerprint density at radius 1 is 1.19 bits per heavy atom. The molecule has 0 radical (unpaired) electrons. The van der Waals surface area contributed by atoms with E-state index in [1.54, 1.807) is 25.1 Å². The van der Waals surface area contributed by atoms with Gasteiger partial charge >= 0.3 is 0 Å². The highest BCUT2D eigenvalue weighted by Gasteiger charge is 2.67. The lowest BCUT2D eigenvalue weighted by Gasteiger charge is -2.23. The lowest BCUT2D eigenvalue weighted by molar-refractivity contribution is -0.128. The molecule has 4 heterocycles. The van der Waals surface area contributed by atoms with Crippen molar-refractivity contribution in [3.8, 4) is 17.2 Å². The number of methoxy groups -OCH3 is 3. The lowest BCUT2D eigenvalue weighted by atomic mass is 9.77. The van der Waals surface area contributed by atoms with Crippen LogP contribution in [0.1, 0.15) is 5.76 Å². The zero-order chi connectivity index (χ0) is 22.6. The number of rotatable bonds is 6. The van der Waals surface area contributed by atoms with Gasteiger partial charge in [0.2, 0.25) is 17.6 Å². The molecule has 2 saturated heterocycles. The Morgan fingerprint density at radius 3 is 2.50 bits per heavy atom. The molecule has 1 N–H and O–H groups in total. The zero-order valence-corrected chi connectivity index (χ0v) is 18.1. The summed E-state index contributed by atoms with van der Waals surface area (Å²) in [4.78, 5) is 28.2. The second-order valence-corrected chi connectivity index (χ2v) is 8.02. The van der Waals surface area contributed by atoms with Gasteiger partial charge in [-0.25, -0.2) is 0 Å². The summed E-state index contributed by atoms with van der Waals surface area (Å²) in [6.07, 6.45) is 3.25. The predicted octanol–water partition coefficient (Wildman–Crippen LogP) is 1.93. The van der Waals surface area contributed by atoms with E-state index in [9.17, 15) is 9.59 Å². The van der Waals surface area contributed by atoms with E-state index in [1.165, 1.54) is 26.2 Å². The van der Waals surface area contributed by atoms with E-state index in [1.807, 2.05) is 12.2 Å². The van der Waals surface area contributed by atoms with Crippen LogP contribution in [-0.2, 0) is 14.3 Å². The summed E-state index contributed by atoms with van der Waals surface area (Å²) >= 11 is 0. The highest BCUT2D eigenvalue weighted by molar-refractivity contribution is 6.05. The molecule has 2 bridgehead atoms. The fraction of sp³-hybridized carbons (Fsp3) is 0.409. The molecule has 0 aliphatic carbocycles. The minimum atomic E-state index is -0.855. The second kappa shape index (κ2) is 7.27. The van der Waals surface area contributed by atoms with Crippen molar-refractivity contribution in [3.63, 3.8) is 0 Å². The second-order valence-electron chi connectivity index (χ2n) is 8.02. The molecule has 4 atom stereocenters. The number of nitrogens with zero attached hydrogens (tertiary/aromatic N) is 2. The van der Waals surface area contributed by atoms with Gasteiger partial charge in [-0.15, -0.1) is 0 Å². The highest BCUT2D eigenvalue weighted by Crippen LogP contribution is 2.53. The summed E-state index contributed by atoms with van der Waals surface area (Å²) < 4.78 is 27.3. The van der Waals surface area contributed by atoms with Crippen LogP contribution in [0.5, 0.6) is 17.2 Å². The SMILES string of the molecule is COc1cc(NC(=O)[C@H]2[C@H]3C(=O)N(c4cc(C)on4)C[C@@]34C=C[C@H]2O4)cc(OC)c1OC. The third-order valence-corrected chi connectivity index (χ3v) is 6.23. The first-order valence-electron chi connectivity index (χ1n) is 10.1. The van der Waals surface area contributed by atoms with Crippen LogP contribution in [0.4, 0.5) is 11.5 Å². The number of fused-ring (bicyclic) bond motifs is 1. The number of nitrogens with one attached hydrogen (secondary N) is 1. The lowest BCUT2D eigenvalue weighted by Crippen LogP contribution is -2.41. The normalized spacial score (nSPS) is 27.6. The number of aryl methyl sites for hydroxylation is 1. The predicted molar refractivity (Wildman–Crippen MR) is 112 cm³/mol. The van der Waals surface area contributed by atoms with E-state index in [0.29, 0.717) is 34.5 Å². The van der Waals surface area contributed by atoms with Crippen molar-refractivity contribution in [2.24, 2.45) is 11.8 Å². The molecule has 1 aromatic carbocycles. The van der Waals surface area contributed by atoms with Crippen LogP contribution in [0.2, 0.25) is 0 Å². The third-order valence-electron chi connectivity index (χ3n) is 6.23. The third kappa shape index (κ3) is 2.86. The van der Waals surface area contributed by atoms with E-state index in [2.05, 4.69) is 10.5 Å². The first kappa shape index (κ1) is 20.4. The van der Waals surface area contributed by atoms with Gasteiger partial charge in [0.05, 0.1) is 45.8 Å². The Bertz CT molecular complexity index is 1100. The number of carbonyl (C=O) groups excluding carboxylic acids is 2. The Labute approximate surface area is 184 Å². The topological polar surface area (TPSA) is 112 Å². The summed E-state index contributed by atoms with van der Waals surface area (Å²) in [5.41, 5.74) is -0.397. The maximum atomic E-state index is 13.3. The van der Waals surface area contributed by atoms with Crippen LogP contribution in [-0.4, -0.2) is 56.6 Å². The summed E-state index contributed by atoms with van der Waals surface area (Å²) in [5.74, 6) is 0.366. The largest absolute Gasteiger partial charge is 0.493 e. The molecule has 2 fully saturated rings. The standard InChI is InChI=1S/C22H23N3O7/c1-11-7-16(24-32-11)25-10-22-6-5-13(31-22)17(18(22)21(25)27)20(26)23-12-8-14(28-2)19(30-4)15(9-12)29-3/h5-9,13,17-18H,10H2,1-4H3,(H,23,26)/t13-,17-,18+,22+/m1/s1. The van der Waals surface area contributed by atoms with E-state index in [4.69, 9.17) is 23.5 Å². The number of benzene rings is 1. The molecule has 3 aliphatic heterocycles. The molecule has 32 heavy (non-hydrogen) atoms. The molecule has 168 valence electrons. The maximum absolute atomic E-state index is 13.3. The van der Waals surface area contributed by atoms with Crippen molar-refractivity contribution < 1.29 is 33.1 Å². The summed E-state index contributed by atoms with van der Waals surface area (Å²) in [6, 6.07) is 4.97. The molecule has 1 aromatic heterocycles. The molecule has 5 rings (SSSR count). The van der Waals surface area contributed by atoms with E-state index < -0.39 is 23.5 Å². The van der Waals surface area contributed by atoms with Crippen molar-refractivity contribution in [1.29, 1.82) is 0 Å². The first-order valence-corrected chi connectivity index (χ1v) is 10.1. The van der Waals surface area contributed by atoms with Crippen LogP contribution in [0.15, 0.2) is 34.9 Å². The minimum absolute atomic E-state index is 0.213. The van der Waals surface area contributed by atoms with Crippen LogP contribution in [0.25, 0.3) is 0 Å². The van der Waals surface area contributed by atoms with E-state index >= 15 is 0 Å². The number of carbonyl (C=O) groups is 2. The molecule has 10 nitrogen and oxygen atoms in total. The monoisotopic (exact) mass is 441 g/mol. The number of amides is 2. The Balaban J connectivity index is 1.43. The molecule has 2 amide bonds. The quantitative estimate of drug-likeness (QED) is 0.677. The summed E-state index contributed by atoms with van der Waals surface area (Å²) in [6.45, 7) is 2.04. The number of aromatic nitrogens is 1. The molecule has 1 spiro atoms. The fourth-order valence-corrected chi connectivity index (χ4v) is 4.85. The Kier molecular flexibility index (Phi) is 4.63. The maximum Gasteiger partial charge on any atom is 0.235 e. The van der Waals surface area contributed by atoms with E-state index in [-0.39, 0.29) is 18.4 Å². The summed E-state index contributed by atoms with van der Waals surface area (Å²) in [5, 5.41) is 6.84. The number of hydrogen-bond acceptors (Lipinski definition) is 8. The smallest absolute Gasteiger partial charge is 0.235 e. The van der Waals surface area contributed by atoms with Gasteiger partial charge in [-0.2, -0.15) is 0 Å². The van der Waals surface area contributed by atoms with Gasteiger partial charge in [0.25, 0.3) is 0 Å². The zero-order valence-electron chi connectivity index (χ0n) is 18.1. The highest BCUT2D eigenvalue weighted by atomic mass is 16.5. The van der Waals surface area contributed by atoms with Crippen molar-refractivity contribution in [3.05, 3.63) is 36.1 Å². The van der Waals surface area contributed by atoms with Crippen molar-refractivity contribution in [1.82, 2.24) is 5.16 Å². The number of anilines is 2. The summed E-state index contributed by atoms with van der Waals surface area (Å²) in [7, 11) is 4.50. The minimum Gasteiger partial charge on any atom is -0.493 e. The van der Waals surface area contributed by atoms with Gasteiger partial charge in [0.1, 0.15) is 11.4 Å². The van der Waals surface area contributed by atoms with Crippen LogP contribution >= 0.6 is 0 Å². The molecular formula is C22H23N3O7. The van der Waals surface area contributed by atoms with Crippen molar-refractivity contribution in [2.75, 3.05) is 38.1 Å². The molecular weight excluding hydrogens is 418 g/mol. The average molecular weight is 441 g/mol. The van der Waals surface area contributed by atoms with Gasteiger partial charge < -0.3 is 28.8 Å². The van der Waals surface area contributed by atoms with Gasteiger partial charge in [0.15, 0.2) is 17.3 Å². The molecule has 3 aliphatic rings. The molecule has 2 aromatic rings.